The monoisotopic (exact) mass is 737 g/mol. The highest BCUT2D eigenvalue weighted by molar-refractivity contribution is 7.47. The molecular formula is C42H73O8P. The van der Waals surface area contributed by atoms with Crippen molar-refractivity contribution in [2.24, 2.45) is 0 Å². The number of phosphoric ester groups is 1. The average Bonchev–Trinajstić information content (AvgIpc) is 3.10. The van der Waals surface area contributed by atoms with Crippen LogP contribution in [-0.2, 0) is 32.7 Å². The molecule has 0 aromatic heterocycles. The lowest BCUT2D eigenvalue weighted by Gasteiger charge is -2.19. The minimum Gasteiger partial charge on any atom is -0.462 e. The lowest BCUT2D eigenvalue weighted by molar-refractivity contribution is -0.161. The van der Waals surface area contributed by atoms with Gasteiger partial charge in [0.25, 0.3) is 0 Å². The third kappa shape index (κ3) is 37.3. The quantitative estimate of drug-likeness (QED) is 0.0293. The lowest BCUT2D eigenvalue weighted by Crippen LogP contribution is -2.29. The molecule has 0 saturated heterocycles. The second-order valence-electron chi connectivity index (χ2n) is 12.9. The predicted molar refractivity (Wildman–Crippen MR) is 211 cm³/mol. The molecule has 0 spiro atoms. The Kier molecular flexibility index (Phi) is 35.9. The minimum atomic E-state index is -4.28. The van der Waals surface area contributed by atoms with E-state index < -0.39 is 26.5 Å². The number of carbonyl (C=O) groups excluding carboxylic acids is 2. The predicted octanol–water partition coefficient (Wildman–Crippen LogP) is 12.4. The zero-order valence-electron chi connectivity index (χ0n) is 32.5. The normalized spacial score (nSPS) is 14.0. The third-order valence-electron chi connectivity index (χ3n) is 8.04. The smallest absolute Gasteiger partial charge is 0.462 e. The summed E-state index contributed by atoms with van der Waals surface area (Å²) in [6, 6.07) is 0. The molecule has 2 unspecified atom stereocenters. The average molecular weight is 737 g/mol. The molecule has 0 amide bonds. The number of hydrogen-bond donors (Lipinski definition) is 1. The summed E-state index contributed by atoms with van der Waals surface area (Å²) in [5.74, 6) is -0.825. The standard InChI is InChI=1S/C42H73O8P/c1-4-7-9-11-13-15-17-18-19-20-21-22-23-24-25-26-27-29-31-33-35-37-42(44)50-40(39-49-51(45,46)48-6-3)38-47-41(43)36-34-32-30-28-16-14-12-10-8-5-2/h7,9-10,12-13,15,18-19,21-22,40H,4-6,8,11,14,16-17,20,23-39H2,1-3H3,(H,45,46)/b9-7-,12-10-,15-13-,19-18-,22-21-. The lowest BCUT2D eigenvalue weighted by atomic mass is 10.1. The van der Waals surface area contributed by atoms with Crippen LogP contribution in [0.4, 0.5) is 0 Å². The maximum Gasteiger partial charge on any atom is 0.472 e. The van der Waals surface area contributed by atoms with Crippen LogP contribution in [0.1, 0.15) is 168 Å². The van der Waals surface area contributed by atoms with Gasteiger partial charge in [-0.2, -0.15) is 0 Å². The van der Waals surface area contributed by atoms with E-state index in [1.165, 1.54) is 32.1 Å². The molecule has 0 fully saturated rings. The fourth-order valence-electron chi connectivity index (χ4n) is 5.15. The first-order valence-electron chi connectivity index (χ1n) is 20.1. The maximum absolute atomic E-state index is 12.5. The molecule has 2 atom stereocenters. The van der Waals surface area contributed by atoms with Gasteiger partial charge in [0, 0.05) is 12.8 Å². The third-order valence-corrected chi connectivity index (χ3v) is 9.10. The number of ether oxygens (including phenoxy) is 2. The molecular weight excluding hydrogens is 663 g/mol. The van der Waals surface area contributed by atoms with Crippen molar-refractivity contribution in [2.75, 3.05) is 19.8 Å². The number of rotatable bonds is 36. The van der Waals surface area contributed by atoms with E-state index in [9.17, 15) is 19.0 Å². The van der Waals surface area contributed by atoms with E-state index in [1.54, 1.807) is 6.92 Å². The molecule has 51 heavy (non-hydrogen) atoms. The molecule has 0 radical (unpaired) electrons. The molecule has 294 valence electrons. The Morgan fingerprint density at radius 3 is 1.53 bits per heavy atom. The number of phosphoric acid groups is 1. The van der Waals surface area contributed by atoms with Gasteiger partial charge in [-0.3, -0.25) is 18.6 Å². The summed E-state index contributed by atoms with van der Waals surface area (Å²) in [6.07, 6.45) is 44.2. The Morgan fingerprint density at radius 2 is 1.00 bits per heavy atom. The molecule has 0 aliphatic rings. The van der Waals surface area contributed by atoms with Crippen LogP contribution >= 0.6 is 7.82 Å². The van der Waals surface area contributed by atoms with Crippen molar-refractivity contribution in [1.82, 2.24) is 0 Å². The first kappa shape index (κ1) is 48.8. The molecule has 0 aliphatic carbocycles. The fourth-order valence-corrected chi connectivity index (χ4v) is 5.91. The highest BCUT2D eigenvalue weighted by atomic mass is 31.2. The molecule has 0 saturated carbocycles. The highest BCUT2D eigenvalue weighted by Crippen LogP contribution is 2.43. The number of esters is 2. The first-order valence-corrected chi connectivity index (χ1v) is 21.6. The van der Waals surface area contributed by atoms with Crippen LogP contribution in [0, 0.1) is 0 Å². The Hall–Kier alpha value is -2.25. The van der Waals surface area contributed by atoms with Crippen molar-refractivity contribution < 1.29 is 37.6 Å². The van der Waals surface area contributed by atoms with Crippen molar-refractivity contribution in [1.29, 1.82) is 0 Å². The van der Waals surface area contributed by atoms with E-state index in [-0.39, 0.29) is 32.0 Å². The summed E-state index contributed by atoms with van der Waals surface area (Å²) >= 11 is 0. The van der Waals surface area contributed by atoms with E-state index in [0.717, 1.165) is 96.3 Å². The van der Waals surface area contributed by atoms with Gasteiger partial charge in [-0.15, -0.1) is 0 Å². The zero-order valence-corrected chi connectivity index (χ0v) is 33.4. The fraction of sp³-hybridized carbons (Fsp3) is 0.714. The molecule has 9 heteroatoms. The molecule has 0 aromatic carbocycles. The van der Waals surface area contributed by atoms with E-state index >= 15 is 0 Å². The van der Waals surface area contributed by atoms with Crippen LogP contribution in [0.5, 0.6) is 0 Å². The summed E-state index contributed by atoms with van der Waals surface area (Å²) in [5, 5.41) is 0. The SMILES string of the molecule is CC/C=C\C/C=C\C/C=C\C/C=C\CCCCCCCCCCC(=O)OC(COC(=O)CCCCCCC/C=C\CCC)COP(=O)(O)OCC. The van der Waals surface area contributed by atoms with Crippen molar-refractivity contribution in [3.8, 4) is 0 Å². The zero-order chi connectivity index (χ0) is 37.5. The van der Waals surface area contributed by atoms with Crippen LogP contribution < -0.4 is 0 Å². The van der Waals surface area contributed by atoms with Gasteiger partial charge in [0.2, 0.25) is 0 Å². The van der Waals surface area contributed by atoms with Gasteiger partial charge in [-0.05, 0) is 77.6 Å². The van der Waals surface area contributed by atoms with Crippen LogP contribution in [-0.4, -0.2) is 42.8 Å². The number of unbranched alkanes of at least 4 members (excludes halogenated alkanes) is 14. The van der Waals surface area contributed by atoms with Gasteiger partial charge >= 0.3 is 19.8 Å². The summed E-state index contributed by atoms with van der Waals surface area (Å²) in [4.78, 5) is 34.6. The van der Waals surface area contributed by atoms with E-state index in [2.05, 4.69) is 74.6 Å². The Bertz CT molecular complexity index is 1020. The molecule has 8 nitrogen and oxygen atoms in total. The van der Waals surface area contributed by atoms with Gasteiger partial charge in [0.05, 0.1) is 13.2 Å². The van der Waals surface area contributed by atoms with Crippen molar-refractivity contribution in [3.05, 3.63) is 60.8 Å². The van der Waals surface area contributed by atoms with Crippen molar-refractivity contribution in [3.63, 3.8) is 0 Å². The minimum absolute atomic E-state index is 0.00515. The van der Waals surface area contributed by atoms with E-state index in [4.69, 9.17) is 18.5 Å². The second kappa shape index (κ2) is 37.5. The van der Waals surface area contributed by atoms with Crippen molar-refractivity contribution >= 4 is 19.8 Å². The molecule has 0 rings (SSSR count). The topological polar surface area (TPSA) is 108 Å². The Labute approximate surface area is 311 Å². The molecule has 0 heterocycles. The Balaban J connectivity index is 4.10. The van der Waals surface area contributed by atoms with E-state index in [0.29, 0.717) is 6.42 Å². The Morgan fingerprint density at radius 1 is 0.549 bits per heavy atom. The molecule has 0 aliphatic heterocycles. The summed E-state index contributed by atoms with van der Waals surface area (Å²) in [7, 11) is -4.28. The van der Waals surface area contributed by atoms with Gasteiger partial charge in [0.15, 0.2) is 6.10 Å². The number of allylic oxidation sites excluding steroid dienone is 10. The van der Waals surface area contributed by atoms with Gasteiger partial charge in [-0.1, -0.05) is 139 Å². The molecule has 0 aromatic rings. The van der Waals surface area contributed by atoms with Crippen LogP contribution in [0.3, 0.4) is 0 Å². The van der Waals surface area contributed by atoms with Crippen LogP contribution in [0.2, 0.25) is 0 Å². The number of hydrogen-bond acceptors (Lipinski definition) is 7. The van der Waals surface area contributed by atoms with Gasteiger partial charge in [0.1, 0.15) is 6.61 Å². The van der Waals surface area contributed by atoms with E-state index in [1.807, 2.05) is 0 Å². The first-order chi connectivity index (χ1) is 24.8. The van der Waals surface area contributed by atoms with Crippen LogP contribution in [0.25, 0.3) is 0 Å². The molecule has 0 bridgehead atoms. The van der Waals surface area contributed by atoms with Gasteiger partial charge < -0.3 is 14.4 Å². The second-order valence-corrected chi connectivity index (χ2v) is 14.4. The van der Waals surface area contributed by atoms with Crippen LogP contribution in [0.15, 0.2) is 60.8 Å². The van der Waals surface area contributed by atoms with Crippen molar-refractivity contribution in [2.45, 2.75) is 175 Å². The maximum atomic E-state index is 12.5. The summed E-state index contributed by atoms with van der Waals surface area (Å²) in [5.41, 5.74) is 0. The molecule has 1 N–H and O–H groups in total. The summed E-state index contributed by atoms with van der Waals surface area (Å²) < 4.78 is 32.5. The number of carbonyl (C=O) groups is 2. The highest BCUT2D eigenvalue weighted by Gasteiger charge is 2.25. The van der Waals surface area contributed by atoms with Gasteiger partial charge in [-0.25, -0.2) is 4.57 Å². The summed E-state index contributed by atoms with van der Waals surface area (Å²) in [6.45, 7) is 5.26. The largest absolute Gasteiger partial charge is 0.472 e.